The molecule has 1 aromatic rings. The molecular formula is C14H23N3O3. The lowest BCUT2D eigenvalue weighted by Crippen LogP contribution is -2.54. The fourth-order valence-corrected chi connectivity index (χ4v) is 2.80. The van der Waals surface area contributed by atoms with Crippen LogP contribution in [0.3, 0.4) is 0 Å². The molecule has 2 rings (SSSR count). The summed E-state index contributed by atoms with van der Waals surface area (Å²) >= 11 is 0. The first-order chi connectivity index (χ1) is 9.38. The zero-order valence-electron chi connectivity index (χ0n) is 12.4. The Morgan fingerprint density at radius 3 is 2.95 bits per heavy atom. The topological polar surface area (TPSA) is 69.8 Å². The number of rotatable bonds is 4. The Labute approximate surface area is 119 Å². The summed E-state index contributed by atoms with van der Waals surface area (Å²) in [6, 6.07) is 1.77. The number of nitrogens with zero attached hydrogens (tertiary/aromatic N) is 3. The average Bonchev–Trinajstić information content (AvgIpc) is 2.73. The molecule has 1 aliphatic rings. The average molecular weight is 281 g/mol. The van der Waals surface area contributed by atoms with E-state index in [2.05, 4.69) is 5.16 Å². The second-order valence-corrected chi connectivity index (χ2v) is 5.99. The molecule has 0 spiro atoms. The number of β-amino-alcohol motifs (C(OH)–C–C–N with tert-alkyl or cyclic N) is 1. The van der Waals surface area contributed by atoms with Gasteiger partial charge in [0.25, 0.3) is 0 Å². The quantitative estimate of drug-likeness (QED) is 0.867. The maximum absolute atomic E-state index is 12.3. The van der Waals surface area contributed by atoms with Gasteiger partial charge < -0.3 is 19.4 Å². The molecule has 6 heteroatoms. The summed E-state index contributed by atoms with van der Waals surface area (Å²) in [7, 11) is 3.85. The number of piperidine rings is 1. The molecule has 6 nitrogen and oxygen atoms in total. The van der Waals surface area contributed by atoms with Crippen LogP contribution in [0.15, 0.2) is 10.6 Å². The molecule has 0 radical (unpaired) electrons. The number of hydrogen-bond acceptors (Lipinski definition) is 5. The lowest BCUT2D eigenvalue weighted by Gasteiger charge is -2.40. The van der Waals surface area contributed by atoms with Gasteiger partial charge >= 0.3 is 0 Å². The van der Waals surface area contributed by atoms with Crippen molar-refractivity contribution in [3.8, 4) is 0 Å². The first kappa shape index (κ1) is 15.0. The predicted octanol–water partition coefficient (Wildman–Crippen LogP) is 0.441. The van der Waals surface area contributed by atoms with Crippen molar-refractivity contribution < 1.29 is 14.4 Å². The highest BCUT2D eigenvalue weighted by molar-refractivity contribution is 5.78. The summed E-state index contributed by atoms with van der Waals surface area (Å²) in [5.74, 6) is 0.562. The van der Waals surface area contributed by atoms with E-state index in [1.807, 2.05) is 25.9 Å². The van der Waals surface area contributed by atoms with Gasteiger partial charge in [0.1, 0.15) is 5.76 Å². The van der Waals surface area contributed by atoms with Gasteiger partial charge in [0.15, 0.2) is 0 Å². The van der Waals surface area contributed by atoms with Crippen molar-refractivity contribution in [2.45, 2.75) is 31.8 Å². The second kappa shape index (κ2) is 5.93. The molecule has 0 saturated carbocycles. The number of aromatic nitrogens is 1. The highest BCUT2D eigenvalue weighted by Crippen LogP contribution is 2.22. The van der Waals surface area contributed by atoms with E-state index in [1.54, 1.807) is 11.0 Å². The van der Waals surface area contributed by atoms with E-state index in [1.165, 1.54) is 0 Å². The Morgan fingerprint density at radius 2 is 2.35 bits per heavy atom. The van der Waals surface area contributed by atoms with Crippen LogP contribution in [0, 0.1) is 6.92 Å². The van der Waals surface area contributed by atoms with Gasteiger partial charge in [-0.3, -0.25) is 4.79 Å². The molecule has 1 amide bonds. The minimum atomic E-state index is -0.811. The zero-order chi connectivity index (χ0) is 14.8. The van der Waals surface area contributed by atoms with E-state index in [-0.39, 0.29) is 12.3 Å². The summed E-state index contributed by atoms with van der Waals surface area (Å²) in [6.45, 7) is 3.48. The fourth-order valence-electron chi connectivity index (χ4n) is 2.80. The van der Waals surface area contributed by atoms with E-state index in [9.17, 15) is 9.90 Å². The highest BCUT2D eigenvalue weighted by Gasteiger charge is 2.35. The van der Waals surface area contributed by atoms with Crippen molar-refractivity contribution in [3.63, 3.8) is 0 Å². The van der Waals surface area contributed by atoms with Crippen molar-refractivity contribution >= 4 is 5.91 Å². The molecule has 1 aliphatic heterocycles. The van der Waals surface area contributed by atoms with Gasteiger partial charge in [-0.15, -0.1) is 0 Å². The summed E-state index contributed by atoms with van der Waals surface area (Å²) in [5.41, 5.74) is -0.0371. The highest BCUT2D eigenvalue weighted by atomic mass is 16.5. The van der Waals surface area contributed by atoms with Gasteiger partial charge in [0, 0.05) is 19.2 Å². The minimum absolute atomic E-state index is 0.0157. The molecule has 1 atom stereocenters. The number of likely N-dealkylation sites (N-methyl/N-ethyl adjacent to an activating group) is 1. The predicted molar refractivity (Wildman–Crippen MR) is 74.3 cm³/mol. The minimum Gasteiger partial charge on any atom is -0.387 e. The van der Waals surface area contributed by atoms with Crippen molar-refractivity contribution in [1.82, 2.24) is 15.0 Å². The maximum atomic E-state index is 12.3. The summed E-state index contributed by atoms with van der Waals surface area (Å²) in [5, 5.41) is 14.3. The molecule has 1 aromatic heterocycles. The van der Waals surface area contributed by atoms with Gasteiger partial charge in [0.2, 0.25) is 5.91 Å². The van der Waals surface area contributed by atoms with Crippen LogP contribution in [0.1, 0.15) is 24.3 Å². The lowest BCUT2D eigenvalue weighted by atomic mass is 9.92. The van der Waals surface area contributed by atoms with Gasteiger partial charge in [-0.2, -0.15) is 0 Å². The van der Waals surface area contributed by atoms with E-state index in [0.717, 1.165) is 18.5 Å². The molecule has 1 saturated heterocycles. The van der Waals surface area contributed by atoms with Crippen LogP contribution in [0.5, 0.6) is 0 Å². The lowest BCUT2D eigenvalue weighted by molar-refractivity contribution is -0.138. The molecule has 1 fully saturated rings. The molecule has 1 N–H and O–H groups in total. The van der Waals surface area contributed by atoms with Crippen LogP contribution in [0.2, 0.25) is 0 Å². The van der Waals surface area contributed by atoms with Gasteiger partial charge in [-0.1, -0.05) is 5.16 Å². The third-order valence-electron chi connectivity index (χ3n) is 3.52. The Balaban J connectivity index is 1.96. The number of carbonyl (C=O) groups is 1. The van der Waals surface area contributed by atoms with E-state index >= 15 is 0 Å². The van der Waals surface area contributed by atoms with Crippen LogP contribution >= 0.6 is 0 Å². The molecule has 20 heavy (non-hydrogen) atoms. The molecule has 112 valence electrons. The zero-order valence-corrected chi connectivity index (χ0v) is 12.4. The Bertz CT molecular complexity index is 472. The molecule has 0 aromatic carbocycles. The molecule has 0 unspecified atom stereocenters. The number of aryl methyl sites for hydroxylation is 1. The fraction of sp³-hybridized carbons (Fsp3) is 0.714. The molecule has 2 heterocycles. The Kier molecular flexibility index (Phi) is 4.45. The van der Waals surface area contributed by atoms with Crippen molar-refractivity contribution in [1.29, 1.82) is 0 Å². The van der Waals surface area contributed by atoms with Crippen molar-refractivity contribution in [2.75, 3.05) is 33.7 Å². The smallest absolute Gasteiger partial charge is 0.230 e. The van der Waals surface area contributed by atoms with E-state index in [4.69, 9.17) is 4.52 Å². The molecular weight excluding hydrogens is 258 g/mol. The number of carbonyl (C=O) groups excluding carboxylic acids is 1. The van der Waals surface area contributed by atoms with Gasteiger partial charge in [-0.05, 0) is 33.9 Å². The maximum Gasteiger partial charge on any atom is 0.230 e. The van der Waals surface area contributed by atoms with Crippen LogP contribution in [0.4, 0.5) is 0 Å². The Hall–Kier alpha value is -1.40. The van der Waals surface area contributed by atoms with Crippen LogP contribution in [-0.4, -0.2) is 65.3 Å². The summed E-state index contributed by atoms with van der Waals surface area (Å²) in [6.07, 6.45) is 1.76. The van der Waals surface area contributed by atoms with Crippen molar-refractivity contribution in [2.24, 2.45) is 0 Å². The monoisotopic (exact) mass is 281 g/mol. The van der Waals surface area contributed by atoms with Gasteiger partial charge in [-0.25, -0.2) is 0 Å². The number of likely N-dealkylation sites (tertiary alicyclic amines) is 1. The first-order valence-electron chi connectivity index (χ1n) is 6.95. The van der Waals surface area contributed by atoms with Crippen molar-refractivity contribution in [3.05, 3.63) is 17.5 Å². The van der Waals surface area contributed by atoms with Crippen LogP contribution in [0.25, 0.3) is 0 Å². The molecule has 0 bridgehead atoms. The summed E-state index contributed by atoms with van der Waals surface area (Å²) in [4.78, 5) is 15.9. The number of hydrogen-bond donors (Lipinski definition) is 1. The van der Waals surface area contributed by atoms with Crippen LogP contribution < -0.4 is 0 Å². The standard InChI is InChI=1S/C14H23N3O3/c1-11-7-12(20-15-11)8-13(18)17-6-4-5-14(19,10-17)9-16(2)3/h7,19H,4-6,8-10H2,1-3H3/t14-/m1/s1. The Morgan fingerprint density at radius 1 is 1.60 bits per heavy atom. The number of aliphatic hydroxyl groups is 1. The summed E-state index contributed by atoms with van der Waals surface area (Å²) < 4.78 is 5.07. The first-order valence-corrected chi connectivity index (χ1v) is 6.95. The SMILES string of the molecule is Cc1cc(CC(=O)N2CCC[C@@](O)(CN(C)C)C2)on1. The largest absolute Gasteiger partial charge is 0.387 e. The van der Waals surface area contributed by atoms with Gasteiger partial charge in [0.05, 0.1) is 24.3 Å². The van der Waals surface area contributed by atoms with E-state index < -0.39 is 5.60 Å². The third kappa shape index (κ3) is 3.80. The normalized spacial score (nSPS) is 23.4. The van der Waals surface area contributed by atoms with E-state index in [0.29, 0.717) is 25.4 Å². The van der Waals surface area contributed by atoms with Crippen LogP contribution in [-0.2, 0) is 11.2 Å². The molecule has 0 aliphatic carbocycles. The second-order valence-electron chi connectivity index (χ2n) is 5.99. The third-order valence-corrected chi connectivity index (χ3v) is 3.52. The number of amides is 1.